The zero-order valence-electron chi connectivity index (χ0n) is 11.5. The predicted octanol–water partition coefficient (Wildman–Crippen LogP) is 4.72. The molecular weight excluding hydrogens is 290 g/mol. The number of hydrogen-bond donors (Lipinski definition) is 1. The van der Waals surface area contributed by atoms with Gasteiger partial charge in [-0.1, -0.05) is 18.5 Å². The van der Waals surface area contributed by atoms with Crippen molar-refractivity contribution in [3.05, 3.63) is 34.2 Å². The van der Waals surface area contributed by atoms with Crippen molar-refractivity contribution in [1.29, 1.82) is 0 Å². The Balaban J connectivity index is 2.29. The highest BCUT2D eigenvalue weighted by atomic mass is 35.5. The Kier molecular flexibility index (Phi) is 3.44. The molecule has 2 N–H and O–H groups in total. The molecule has 3 aromatic rings. The summed E-state index contributed by atoms with van der Waals surface area (Å²) in [6.07, 6.45) is 1.04. The third-order valence-electron chi connectivity index (χ3n) is 3.38. The molecule has 0 amide bonds. The van der Waals surface area contributed by atoms with Crippen LogP contribution in [0.5, 0.6) is 0 Å². The molecule has 3 rings (SSSR count). The van der Waals surface area contributed by atoms with Gasteiger partial charge in [0, 0.05) is 11.6 Å². The Bertz CT molecular complexity index is 773. The molecular formula is C15H16ClN3S. The first kappa shape index (κ1) is 13.5. The number of benzene rings is 1. The Morgan fingerprint density at radius 3 is 2.85 bits per heavy atom. The highest BCUT2D eigenvalue weighted by Gasteiger charge is 2.17. The Morgan fingerprint density at radius 1 is 1.40 bits per heavy atom. The number of nitrogen functional groups attached to an aromatic ring is 1. The molecule has 0 fully saturated rings. The van der Waals surface area contributed by atoms with Crippen molar-refractivity contribution in [2.45, 2.75) is 26.8 Å². The van der Waals surface area contributed by atoms with Crippen molar-refractivity contribution in [2.75, 3.05) is 5.73 Å². The lowest BCUT2D eigenvalue weighted by Crippen LogP contribution is -2.00. The first-order valence-corrected chi connectivity index (χ1v) is 7.87. The molecule has 0 spiro atoms. The van der Waals surface area contributed by atoms with Crippen LogP contribution in [0.2, 0.25) is 5.02 Å². The van der Waals surface area contributed by atoms with Crippen LogP contribution in [0.15, 0.2) is 23.6 Å². The monoisotopic (exact) mass is 305 g/mol. The van der Waals surface area contributed by atoms with Crippen molar-refractivity contribution in [2.24, 2.45) is 0 Å². The third-order valence-corrected chi connectivity index (χ3v) is 4.73. The largest absolute Gasteiger partial charge is 0.397 e. The fraction of sp³-hybridized carbons (Fsp3) is 0.267. The maximum Gasteiger partial charge on any atom is 0.153 e. The number of halogens is 1. The molecule has 0 bridgehead atoms. The van der Waals surface area contributed by atoms with Gasteiger partial charge >= 0.3 is 0 Å². The average molecular weight is 306 g/mol. The highest BCUT2D eigenvalue weighted by Crippen LogP contribution is 2.36. The van der Waals surface area contributed by atoms with Crippen LogP contribution >= 0.6 is 22.9 Å². The minimum Gasteiger partial charge on any atom is -0.397 e. The maximum atomic E-state index is 6.18. The molecule has 0 saturated carbocycles. The van der Waals surface area contributed by atoms with E-state index >= 15 is 0 Å². The van der Waals surface area contributed by atoms with Crippen molar-refractivity contribution in [3.63, 3.8) is 0 Å². The van der Waals surface area contributed by atoms with E-state index in [-0.39, 0.29) is 0 Å². The van der Waals surface area contributed by atoms with Crippen LogP contribution in [0, 0.1) is 6.92 Å². The standard InChI is InChI=1S/C15H16ClN3S/c1-3-6-19-12-7-10(16)4-5-11(12)18-15(19)14-13(17)9(2)8-20-14/h4-5,7-8H,3,6,17H2,1-2H3. The van der Waals surface area contributed by atoms with Crippen LogP contribution in [0.1, 0.15) is 18.9 Å². The second-order valence-corrected chi connectivity index (χ2v) is 6.20. The fourth-order valence-electron chi connectivity index (χ4n) is 2.35. The summed E-state index contributed by atoms with van der Waals surface area (Å²) in [7, 11) is 0. The summed E-state index contributed by atoms with van der Waals surface area (Å²) in [5, 5.41) is 2.81. The predicted molar refractivity (Wildman–Crippen MR) is 87.5 cm³/mol. The maximum absolute atomic E-state index is 6.18. The summed E-state index contributed by atoms with van der Waals surface area (Å²) < 4.78 is 2.21. The molecule has 0 atom stereocenters. The lowest BCUT2D eigenvalue weighted by atomic mass is 10.2. The van der Waals surface area contributed by atoms with Gasteiger partial charge in [-0.2, -0.15) is 0 Å². The number of imidazole rings is 1. The van der Waals surface area contributed by atoms with E-state index < -0.39 is 0 Å². The number of thiophene rings is 1. The normalized spacial score (nSPS) is 11.3. The number of nitrogens with two attached hydrogens (primary N) is 1. The summed E-state index contributed by atoms with van der Waals surface area (Å²) in [5.41, 5.74) is 10.2. The summed E-state index contributed by atoms with van der Waals surface area (Å²) >= 11 is 7.77. The molecule has 104 valence electrons. The van der Waals surface area contributed by atoms with Crippen LogP contribution < -0.4 is 5.73 Å². The summed E-state index contributed by atoms with van der Waals surface area (Å²) in [6, 6.07) is 5.81. The number of fused-ring (bicyclic) bond motifs is 1. The molecule has 0 saturated heterocycles. The number of hydrogen-bond acceptors (Lipinski definition) is 3. The number of aryl methyl sites for hydroxylation is 2. The van der Waals surface area contributed by atoms with Gasteiger partial charge in [0.1, 0.15) is 0 Å². The van der Waals surface area contributed by atoms with Crippen LogP contribution in [-0.4, -0.2) is 9.55 Å². The smallest absolute Gasteiger partial charge is 0.153 e. The van der Waals surface area contributed by atoms with E-state index in [4.69, 9.17) is 22.3 Å². The molecule has 0 unspecified atom stereocenters. The molecule has 0 radical (unpaired) electrons. The molecule has 5 heteroatoms. The van der Waals surface area contributed by atoms with Crippen LogP contribution in [0.3, 0.4) is 0 Å². The first-order valence-electron chi connectivity index (χ1n) is 6.61. The summed E-state index contributed by atoms with van der Waals surface area (Å²) in [6.45, 7) is 5.09. The second kappa shape index (κ2) is 5.11. The van der Waals surface area contributed by atoms with Gasteiger partial charge in [0.25, 0.3) is 0 Å². The lowest BCUT2D eigenvalue weighted by molar-refractivity contribution is 0.705. The zero-order valence-corrected chi connectivity index (χ0v) is 13.1. The van der Waals surface area contributed by atoms with Crippen molar-refractivity contribution < 1.29 is 0 Å². The Hall–Kier alpha value is -1.52. The SMILES string of the molecule is CCCn1c(-c2scc(C)c2N)nc2ccc(Cl)cc21. The van der Waals surface area contributed by atoms with Gasteiger partial charge in [0.2, 0.25) is 0 Å². The lowest BCUT2D eigenvalue weighted by Gasteiger charge is -2.07. The number of rotatable bonds is 3. The summed E-state index contributed by atoms with van der Waals surface area (Å²) in [5.74, 6) is 0.944. The van der Waals surface area contributed by atoms with Gasteiger partial charge in [-0.05, 0) is 42.5 Å². The van der Waals surface area contributed by atoms with Crippen LogP contribution in [-0.2, 0) is 6.54 Å². The minimum absolute atomic E-state index is 0.733. The quantitative estimate of drug-likeness (QED) is 0.761. The van der Waals surface area contributed by atoms with Crippen molar-refractivity contribution >= 4 is 39.7 Å². The molecule has 0 aliphatic heterocycles. The molecule has 3 nitrogen and oxygen atoms in total. The number of nitrogens with zero attached hydrogens (tertiary/aromatic N) is 2. The van der Waals surface area contributed by atoms with Gasteiger partial charge in [-0.15, -0.1) is 11.3 Å². The molecule has 20 heavy (non-hydrogen) atoms. The van der Waals surface area contributed by atoms with Crippen molar-refractivity contribution in [1.82, 2.24) is 9.55 Å². The van der Waals surface area contributed by atoms with Gasteiger partial charge in [-0.3, -0.25) is 0 Å². The van der Waals surface area contributed by atoms with Gasteiger partial charge in [-0.25, -0.2) is 4.98 Å². The fourth-order valence-corrected chi connectivity index (χ4v) is 3.48. The molecule has 2 heterocycles. The van der Waals surface area contributed by atoms with E-state index in [0.717, 1.165) is 51.0 Å². The minimum atomic E-state index is 0.733. The Morgan fingerprint density at radius 2 is 2.20 bits per heavy atom. The first-order chi connectivity index (χ1) is 9.61. The zero-order chi connectivity index (χ0) is 14.3. The van der Waals surface area contributed by atoms with E-state index in [2.05, 4.69) is 16.9 Å². The average Bonchev–Trinajstić information content (AvgIpc) is 2.93. The van der Waals surface area contributed by atoms with E-state index in [9.17, 15) is 0 Å². The van der Waals surface area contributed by atoms with Gasteiger partial charge in [0.15, 0.2) is 5.82 Å². The number of anilines is 1. The number of aromatic nitrogens is 2. The second-order valence-electron chi connectivity index (χ2n) is 4.88. The Labute approximate surface area is 127 Å². The van der Waals surface area contributed by atoms with Crippen LogP contribution in [0.25, 0.3) is 21.7 Å². The van der Waals surface area contributed by atoms with E-state index in [1.165, 1.54) is 0 Å². The van der Waals surface area contributed by atoms with Crippen molar-refractivity contribution in [3.8, 4) is 10.7 Å². The van der Waals surface area contributed by atoms with Gasteiger partial charge < -0.3 is 10.3 Å². The molecule has 2 aromatic heterocycles. The van der Waals surface area contributed by atoms with E-state index in [1.54, 1.807) is 11.3 Å². The third kappa shape index (κ3) is 2.09. The van der Waals surface area contributed by atoms with E-state index in [0.29, 0.717) is 0 Å². The molecule has 0 aliphatic rings. The summed E-state index contributed by atoms with van der Waals surface area (Å²) in [4.78, 5) is 5.80. The van der Waals surface area contributed by atoms with E-state index in [1.807, 2.05) is 25.1 Å². The highest BCUT2D eigenvalue weighted by molar-refractivity contribution is 7.14. The molecule has 0 aliphatic carbocycles. The van der Waals surface area contributed by atoms with Crippen LogP contribution in [0.4, 0.5) is 5.69 Å². The molecule has 1 aromatic carbocycles. The van der Waals surface area contributed by atoms with Gasteiger partial charge in [0.05, 0.1) is 21.6 Å². The topological polar surface area (TPSA) is 43.8 Å².